The van der Waals surface area contributed by atoms with Crippen molar-refractivity contribution in [2.75, 3.05) is 12.4 Å². The van der Waals surface area contributed by atoms with Gasteiger partial charge < -0.3 is 10.4 Å². The summed E-state index contributed by atoms with van der Waals surface area (Å²) in [4.78, 5) is 10.8. The molecule has 2 N–H and O–H groups in total. The van der Waals surface area contributed by atoms with Crippen LogP contribution in [0.4, 0.5) is 0 Å². The van der Waals surface area contributed by atoms with E-state index < -0.39 is 0 Å². The fourth-order valence-electron chi connectivity index (χ4n) is 1.35. The Labute approximate surface area is 104 Å². The molecular weight excluding hydrogens is 226 g/mol. The lowest BCUT2D eigenvalue weighted by Gasteiger charge is -2.25. The first-order chi connectivity index (χ1) is 7.38. The maximum absolute atomic E-state index is 10.8. The van der Waals surface area contributed by atoms with Gasteiger partial charge in [-0.1, -0.05) is 33.6 Å². The fourth-order valence-corrected chi connectivity index (χ4v) is 1.44. The Morgan fingerprint density at radius 3 is 2.44 bits per heavy atom. The second kappa shape index (κ2) is 7.91. The van der Waals surface area contributed by atoms with Crippen molar-refractivity contribution in [1.82, 2.24) is 5.32 Å². The smallest absolute Gasteiger partial charge is 0.234 e. The predicted molar refractivity (Wildman–Crippen MR) is 67.7 cm³/mol. The summed E-state index contributed by atoms with van der Waals surface area (Å²) in [5.74, 6) is -0.0840. The molecule has 0 spiro atoms. The molecule has 0 saturated carbocycles. The lowest BCUT2D eigenvalue weighted by molar-refractivity contribution is -0.118. The van der Waals surface area contributed by atoms with Crippen LogP contribution in [0.25, 0.3) is 0 Å². The highest BCUT2D eigenvalue weighted by Gasteiger charge is 2.20. The SMILES string of the molecule is CC(C)(C)C(O)CCCCCNC(=O)CCl. The van der Waals surface area contributed by atoms with E-state index in [2.05, 4.69) is 5.32 Å². The van der Waals surface area contributed by atoms with Crippen LogP contribution in [0.5, 0.6) is 0 Å². The maximum atomic E-state index is 10.8. The summed E-state index contributed by atoms with van der Waals surface area (Å²) in [7, 11) is 0. The summed E-state index contributed by atoms with van der Waals surface area (Å²) in [6.07, 6.45) is 3.54. The molecule has 0 aromatic carbocycles. The Morgan fingerprint density at radius 2 is 1.94 bits per heavy atom. The van der Waals surface area contributed by atoms with Gasteiger partial charge in [0.15, 0.2) is 0 Å². The van der Waals surface area contributed by atoms with E-state index in [1.807, 2.05) is 20.8 Å². The molecule has 0 aliphatic carbocycles. The quantitative estimate of drug-likeness (QED) is 0.537. The molecule has 0 saturated heterocycles. The van der Waals surface area contributed by atoms with E-state index in [1.165, 1.54) is 0 Å². The van der Waals surface area contributed by atoms with Crippen LogP contribution < -0.4 is 5.32 Å². The number of rotatable bonds is 7. The lowest BCUT2D eigenvalue weighted by Crippen LogP contribution is -2.26. The van der Waals surface area contributed by atoms with E-state index in [0.717, 1.165) is 25.7 Å². The number of hydrogen-bond acceptors (Lipinski definition) is 2. The van der Waals surface area contributed by atoms with Crippen molar-refractivity contribution in [3.8, 4) is 0 Å². The van der Waals surface area contributed by atoms with Crippen molar-refractivity contribution < 1.29 is 9.90 Å². The average molecular weight is 250 g/mol. The van der Waals surface area contributed by atoms with Crippen LogP contribution in [0, 0.1) is 5.41 Å². The van der Waals surface area contributed by atoms with Gasteiger partial charge in [-0.3, -0.25) is 4.79 Å². The van der Waals surface area contributed by atoms with Crippen LogP contribution in [0.15, 0.2) is 0 Å². The third-order valence-electron chi connectivity index (χ3n) is 2.60. The second-order valence-corrected chi connectivity index (χ2v) is 5.48. The molecule has 0 aliphatic rings. The third-order valence-corrected chi connectivity index (χ3v) is 2.84. The van der Waals surface area contributed by atoms with Gasteiger partial charge in [0, 0.05) is 6.54 Å². The van der Waals surface area contributed by atoms with Gasteiger partial charge >= 0.3 is 0 Å². The van der Waals surface area contributed by atoms with Gasteiger partial charge in [-0.25, -0.2) is 0 Å². The number of carbonyl (C=O) groups excluding carboxylic acids is 1. The standard InChI is InChI=1S/C12H24ClNO2/c1-12(2,3)10(15)7-5-4-6-8-14-11(16)9-13/h10,15H,4-9H2,1-3H3,(H,14,16). The molecule has 0 radical (unpaired) electrons. The van der Waals surface area contributed by atoms with E-state index >= 15 is 0 Å². The van der Waals surface area contributed by atoms with E-state index in [4.69, 9.17) is 11.6 Å². The zero-order valence-electron chi connectivity index (χ0n) is 10.6. The highest BCUT2D eigenvalue weighted by molar-refractivity contribution is 6.27. The second-order valence-electron chi connectivity index (χ2n) is 5.21. The minimum absolute atomic E-state index is 0.0305. The van der Waals surface area contributed by atoms with Crippen molar-refractivity contribution in [3.63, 3.8) is 0 Å². The molecule has 0 bridgehead atoms. The summed E-state index contributed by atoms with van der Waals surface area (Å²) in [5, 5.41) is 12.5. The van der Waals surface area contributed by atoms with Crippen LogP contribution >= 0.6 is 11.6 Å². The van der Waals surface area contributed by atoms with Crippen LogP contribution in [0.1, 0.15) is 46.5 Å². The number of carbonyl (C=O) groups is 1. The molecule has 0 rings (SSSR count). The molecule has 4 heteroatoms. The summed E-state index contributed by atoms with van der Waals surface area (Å²) in [5.41, 5.74) is -0.0349. The topological polar surface area (TPSA) is 49.3 Å². The van der Waals surface area contributed by atoms with Gasteiger partial charge in [-0.05, 0) is 18.3 Å². The first-order valence-corrected chi connectivity index (χ1v) is 6.42. The van der Waals surface area contributed by atoms with Crippen LogP contribution in [-0.4, -0.2) is 29.5 Å². The number of nitrogens with one attached hydrogen (secondary N) is 1. The molecule has 1 atom stereocenters. The molecule has 0 aromatic rings. The Kier molecular flexibility index (Phi) is 7.77. The van der Waals surface area contributed by atoms with E-state index in [9.17, 15) is 9.90 Å². The Bertz CT molecular complexity index is 202. The normalized spacial score (nSPS) is 13.6. The molecule has 0 fully saturated rings. The minimum Gasteiger partial charge on any atom is -0.393 e. The Hall–Kier alpha value is -0.280. The number of halogens is 1. The summed E-state index contributed by atoms with van der Waals surface area (Å²) < 4.78 is 0. The molecule has 3 nitrogen and oxygen atoms in total. The Morgan fingerprint density at radius 1 is 1.31 bits per heavy atom. The molecule has 0 aliphatic heterocycles. The van der Waals surface area contributed by atoms with E-state index in [1.54, 1.807) is 0 Å². The van der Waals surface area contributed by atoms with Crippen molar-refractivity contribution in [1.29, 1.82) is 0 Å². The van der Waals surface area contributed by atoms with Gasteiger partial charge in [0.25, 0.3) is 0 Å². The molecule has 0 heterocycles. The third kappa shape index (κ3) is 7.94. The lowest BCUT2D eigenvalue weighted by atomic mass is 9.86. The van der Waals surface area contributed by atoms with Crippen molar-refractivity contribution >= 4 is 17.5 Å². The molecule has 16 heavy (non-hydrogen) atoms. The molecular formula is C12H24ClNO2. The van der Waals surface area contributed by atoms with Gasteiger partial charge in [-0.2, -0.15) is 0 Å². The number of aliphatic hydroxyl groups excluding tert-OH is 1. The first kappa shape index (κ1) is 15.7. The van der Waals surface area contributed by atoms with Crippen molar-refractivity contribution in [3.05, 3.63) is 0 Å². The number of alkyl halides is 1. The van der Waals surface area contributed by atoms with Crippen molar-refractivity contribution in [2.45, 2.75) is 52.6 Å². The molecule has 1 amide bonds. The summed E-state index contributed by atoms with van der Waals surface area (Å²) in [6, 6.07) is 0. The highest BCUT2D eigenvalue weighted by atomic mass is 35.5. The van der Waals surface area contributed by atoms with Crippen LogP contribution in [-0.2, 0) is 4.79 Å². The Balaban J connectivity index is 3.37. The highest BCUT2D eigenvalue weighted by Crippen LogP contribution is 2.23. The van der Waals surface area contributed by atoms with Gasteiger partial charge in [-0.15, -0.1) is 11.6 Å². The van der Waals surface area contributed by atoms with Crippen LogP contribution in [0.3, 0.4) is 0 Å². The molecule has 1 unspecified atom stereocenters. The predicted octanol–water partition coefficient (Wildman–Crippen LogP) is 2.31. The van der Waals surface area contributed by atoms with E-state index in [-0.39, 0.29) is 23.3 Å². The number of hydrogen-bond donors (Lipinski definition) is 2. The number of aliphatic hydroxyl groups is 1. The zero-order chi connectivity index (χ0) is 12.6. The van der Waals surface area contributed by atoms with Crippen molar-refractivity contribution in [2.24, 2.45) is 5.41 Å². The summed E-state index contributed by atoms with van der Waals surface area (Å²) in [6.45, 7) is 6.80. The van der Waals surface area contributed by atoms with Gasteiger partial charge in [0.2, 0.25) is 5.91 Å². The number of unbranched alkanes of at least 4 members (excludes halogenated alkanes) is 2. The zero-order valence-corrected chi connectivity index (χ0v) is 11.3. The van der Waals surface area contributed by atoms with Crippen LogP contribution in [0.2, 0.25) is 0 Å². The first-order valence-electron chi connectivity index (χ1n) is 5.88. The maximum Gasteiger partial charge on any atom is 0.234 e. The van der Waals surface area contributed by atoms with E-state index in [0.29, 0.717) is 6.54 Å². The largest absolute Gasteiger partial charge is 0.393 e. The number of amides is 1. The van der Waals surface area contributed by atoms with Gasteiger partial charge in [0.05, 0.1) is 6.10 Å². The minimum atomic E-state index is -0.245. The monoisotopic (exact) mass is 249 g/mol. The fraction of sp³-hybridized carbons (Fsp3) is 0.917. The molecule has 96 valence electrons. The summed E-state index contributed by atoms with van der Waals surface area (Å²) >= 11 is 5.34. The molecule has 0 aromatic heterocycles. The van der Waals surface area contributed by atoms with Gasteiger partial charge in [0.1, 0.15) is 5.88 Å². The average Bonchev–Trinajstić information content (AvgIpc) is 2.20.